The zero-order valence-corrected chi connectivity index (χ0v) is 14.4. The number of thioether (sulfide) groups is 1. The van der Waals surface area contributed by atoms with Gasteiger partial charge in [0.05, 0.1) is 0 Å². The molecule has 0 N–H and O–H groups in total. The fourth-order valence-electron chi connectivity index (χ4n) is 2.22. The minimum absolute atomic E-state index is 0.234. The first kappa shape index (κ1) is 21.5. The van der Waals surface area contributed by atoms with Crippen molar-refractivity contribution in [3.8, 4) is 0 Å². The maximum absolute atomic E-state index is 13.9. The van der Waals surface area contributed by atoms with Crippen LogP contribution in [0.15, 0.2) is 60.7 Å². The van der Waals surface area contributed by atoms with Crippen molar-refractivity contribution in [3.05, 3.63) is 71.8 Å². The highest BCUT2D eigenvalue weighted by atomic mass is 32.2. The van der Waals surface area contributed by atoms with Crippen LogP contribution in [0.2, 0.25) is 0 Å². The van der Waals surface area contributed by atoms with Crippen LogP contribution in [0.25, 0.3) is 0 Å². The SMILES string of the molecule is FC(F)(Cc1ccccc1)C(F)(F)SC(F)(F)C(F)(F)Cc1ccccc1. The maximum atomic E-state index is 13.9. The third kappa shape index (κ3) is 5.15. The molecule has 0 spiro atoms. The van der Waals surface area contributed by atoms with Gasteiger partial charge >= 0.3 is 22.4 Å². The van der Waals surface area contributed by atoms with Crippen molar-refractivity contribution in [1.29, 1.82) is 0 Å². The van der Waals surface area contributed by atoms with Gasteiger partial charge in [-0.15, -0.1) is 0 Å². The topological polar surface area (TPSA) is 0 Å². The van der Waals surface area contributed by atoms with Crippen LogP contribution >= 0.6 is 11.8 Å². The molecule has 0 aromatic heterocycles. The van der Waals surface area contributed by atoms with E-state index in [1.54, 1.807) is 0 Å². The Balaban J connectivity index is 2.17. The molecule has 27 heavy (non-hydrogen) atoms. The van der Waals surface area contributed by atoms with Gasteiger partial charge in [0.2, 0.25) is 0 Å². The van der Waals surface area contributed by atoms with E-state index in [0.717, 1.165) is 24.3 Å². The van der Waals surface area contributed by atoms with Gasteiger partial charge < -0.3 is 0 Å². The molecule has 0 atom stereocenters. The minimum atomic E-state index is -5.41. The molecule has 0 bridgehead atoms. The fourth-order valence-corrected chi connectivity index (χ4v) is 2.99. The lowest BCUT2D eigenvalue weighted by atomic mass is 10.1. The Bertz CT molecular complexity index is 668. The molecule has 0 aliphatic carbocycles. The molecule has 0 amide bonds. The smallest absolute Gasteiger partial charge is 0.198 e. The zero-order valence-electron chi connectivity index (χ0n) is 13.6. The first-order chi connectivity index (χ1) is 12.4. The van der Waals surface area contributed by atoms with Crippen molar-refractivity contribution in [2.75, 3.05) is 0 Å². The van der Waals surface area contributed by atoms with E-state index in [0.29, 0.717) is 0 Å². The predicted molar refractivity (Wildman–Crippen MR) is 87.7 cm³/mol. The number of alkyl halides is 8. The van der Waals surface area contributed by atoms with Gasteiger partial charge in [0.15, 0.2) is 0 Å². The largest absolute Gasteiger partial charge is 0.361 e. The average Bonchev–Trinajstić information content (AvgIpc) is 2.54. The number of benzene rings is 2. The maximum Gasteiger partial charge on any atom is 0.361 e. The summed E-state index contributed by atoms with van der Waals surface area (Å²) in [6, 6.07) is 12.6. The van der Waals surface area contributed by atoms with Crippen LogP contribution in [-0.2, 0) is 12.8 Å². The molecule has 0 heterocycles. The van der Waals surface area contributed by atoms with Crippen LogP contribution in [0.1, 0.15) is 11.1 Å². The van der Waals surface area contributed by atoms with E-state index in [2.05, 4.69) is 0 Å². The predicted octanol–water partition coefficient (Wildman–Crippen LogP) is 6.66. The van der Waals surface area contributed by atoms with Crippen molar-refractivity contribution >= 4 is 11.8 Å². The van der Waals surface area contributed by atoms with E-state index in [1.807, 2.05) is 0 Å². The standard InChI is InChI=1S/C18H14F8S/c19-15(20,11-13-7-3-1-4-8-13)17(23,24)27-18(25,26)16(21,22)12-14-9-5-2-6-10-14/h1-10H,11-12H2. The van der Waals surface area contributed by atoms with Crippen LogP contribution < -0.4 is 0 Å². The van der Waals surface area contributed by atoms with E-state index >= 15 is 0 Å². The summed E-state index contributed by atoms with van der Waals surface area (Å²) in [6.45, 7) is 0. The lowest BCUT2D eigenvalue weighted by Crippen LogP contribution is -2.47. The van der Waals surface area contributed by atoms with Gasteiger partial charge in [0.1, 0.15) is 0 Å². The zero-order chi connectivity index (χ0) is 20.3. The third-order valence-electron chi connectivity index (χ3n) is 3.65. The number of halogens is 8. The molecule has 0 nitrogen and oxygen atoms in total. The first-order valence-corrected chi connectivity index (χ1v) is 8.47. The molecule has 0 radical (unpaired) electrons. The van der Waals surface area contributed by atoms with Crippen LogP contribution in [0.3, 0.4) is 0 Å². The monoisotopic (exact) mass is 414 g/mol. The van der Waals surface area contributed by atoms with E-state index in [1.165, 1.54) is 36.4 Å². The second-order valence-electron chi connectivity index (χ2n) is 5.87. The fraction of sp³-hybridized carbons (Fsp3) is 0.333. The third-order valence-corrected chi connectivity index (χ3v) is 4.76. The molecule has 9 heteroatoms. The number of rotatable bonds is 8. The highest BCUT2D eigenvalue weighted by Crippen LogP contribution is 2.56. The molecule has 0 aliphatic rings. The second kappa shape index (κ2) is 7.69. The van der Waals surface area contributed by atoms with E-state index in [9.17, 15) is 35.1 Å². The molecule has 0 saturated carbocycles. The molecule has 2 aromatic carbocycles. The van der Waals surface area contributed by atoms with Gasteiger partial charge in [0.25, 0.3) is 0 Å². The summed E-state index contributed by atoms with van der Waals surface area (Å²) in [4.78, 5) is 0. The Morgan fingerprint density at radius 3 is 1.11 bits per heavy atom. The molecule has 0 aliphatic heterocycles. The number of hydrogen-bond donors (Lipinski definition) is 0. The summed E-state index contributed by atoms with van der Waals surface area (Å²) in [5.41, 5.74) is -0.468. The van der Waals surface area contributed by atoms with Crippen LogP contribution in [0, 0.1) is 0 Å². The molecular formula is C18H14F8S. The molecule has 148 valence electrons. The van der Waals surface area contributed by atoms with Crippen molar-refractivity contribution in [2.45, 2.75) is 35.2 Å². The minimum Gasteiger partial charge on any atom is -0.198 e. The quantitative estimate of drug-likeness (QED) is 0.435. The second-order valence-corrected chi connectivity index (χ2v) is 7.10. The van der Waals surface area contributed by atoms with Crippen molar-refractivity contribution in [3.63, 3.8) is 0 Å². The molecule has 2 rings (SSSR count). The Hall–Kier alpha value is -1.77. The Morgan fingerprint density at radius 1 is 0.519 bits per heavy atom. The lowest BCUT2D eigenvalue weighted by Gasteiger charge is -2.32. The summed E-state index contributed by atoms with van der Waals surface area (Å²) < 4.78 is 111. The summed E-state index contributed by atoms with van der Waals surface area (Å²) in [5, 5.41) is -10.8. The Kier molecular flexibility index (Phi) is 6.13. The van der Waals surface area contributed by atoms with Gasteiger partial charge in [-0.3, -0.25) is 0 Å². The van der Waals surface area contributed by atoms with Gasteiger partial charge in [-0.25, -0.2) is 0 Å². The van der Waals surface area contributed by atoms with Crippen LogP contribution in [0.5, 0.6) is 0 Å². The van der Waals surface area contributed by atoms with Crippen LogP contribution in [-0.4, -0.2) is 22.4 Å². The molecule has 0 unspecified atom stereocenters. The van der Waals surface area contributed by atoms with Gasteiger partial charge in [-0.1, -0.05) is 60.7 Å². The normalized spacial score (nSPS) is 13.6. The molecule has 0 fully saturated rings. The first-order valence-electron chi connectivity index (χ1n) is 7.66. The number of hydrogen-bond acceptors (Lipinski definition) is 1. The van der Waals surface area contributed by atoms with E-state index in [4.69, 9.17) is 0 Å². The van der Waals surface area contributed by atoms with E-state index in [-0.39, 0.29) is 11.1 Å². The van der Waals surface area contributed by atoms with Crippen molar-refractivity contribution in [2.24, 2.45) is 0 Å². The highest BCUT2D eigenvalue weighted by Gasteiger charge is 2.67. The van der Waals surface area contributed by atoms with Gasteiger partial charge in [-0.05, 0) is 22.9 Å². The molecular weight excluding hydrogens is 400 g/mol. The van der Waals surface area contributed by atoms with Crippen molar-refractivity contribution < 1.29 is 35.1 Å². The average molecular weight is 414 g/mol. The van der Waals surface area contributed by atoms with Gasteiger partial charge in [-0.2, -0.15) is 35.1 Å². The van der Waals surface area contributed by atoms with E-state index < -0.39 is 47.0 Å². The summed E-state index contributed by atoms with van der Waals surface area (Å²) >= 11 is -2.01. The Morgan fingerprint density at radius 2 is 0.815 bits per heavy atom. The summed E-state index contributed by atoms with van der Waals surface area (Å²) in [6.07, 6.45) is -3.12. The molecule has 2 aromatic rings. The lowest BCUT2D eigenvalue weighted by molar-refractivity contribution is -0.173. The Labute approximate surface area is 154 Å². The highest BCUT2D eigenvalue weighted by molar-refractivity contribution is 8.01. The summed E-state index contributed by atoms with van der Waals surface area (Å²) in [7, 11) is 0. The van der Waals surface area contributed by atoms with Crippen molar-refractivity contribution in [1.82, 2.24) is 0 Å². The van der Waals surface area contributed by atoms with Gasteiger partial charge in [0, 0.05) is 12.8 Å². The van der Waals surface area contributed by atoms with Crippen LogP contribution in [0.4, 0.5) is 35.1 Å². The molecule has 0 saturated heterocycles. The summed E-state index contributed by atoms with van der Waals surface area (Å²) in [5.74, 6) is -9.91.